The van der Waals surface area contributed by atoms with Crippen LogP contribution in [0.2, 0.25) is 0 Å². The summed E-state index contributed by atoms with van der Waals surface area (Å²) < 4.78 is 4.68. The quantitative estimate of drug-likeness (QED) is 0.460. The zero-order valence-electron chi connectivity index (χ0n) is 7.13. The fourth-order valence-corrected chi connectivity index (χ4v) is 1.22. The van der Waals surface area contributed by atoms with Gasteiger partial charge < -0.3 is 4.74 Å². The van der Waals surface area contributed by atoms with E-state index >= 15 is 0 Å². The van der Waals surface area contributed by atoms with Crippen LogP contribution in [0.4, 0.5) is 0 Å². The van der Waals surface area contributed by atoms with Crippen LogP contribution in [-0.4, -0.2) is 18.4 Å². The largest absolute Gasteiger partial charge is 0.463 e. The second-order valence-electron chi connectivity index (χ2n) is 2.70. The Morgan fingerprint density at radius 2 is 2.33 bits per heavy atom. The van der Waals surface area contributed by atoms with Gasteiger partial charge in [-0.3, -0.25) is 4.79 Å². The fourth-order valence-electron chi connectivity index (χ4n) is 1.22. The Hall–Kier alpha value is -1.12. The number of ketones is 1. The molecule has 0 saturated heterocycles. The smallest absolute Gasteiger partial charge is 0.331 e. The standard InChI is InChI=1S/C9H12O3/c1-2-12-9(11)6-7-4-3-5-8(7)10/h6H,2-5H2,1H3. The SMILES string of the molecule is CCOC(=O)C=C1CCCC1=O. The van der Waals surface area contributed by atoms with Crippen LogP contribution >= 0.6 is 0 Å². The van der Waals surface area contributed by atoms with E-state index in [-0.39, 0.29) is 5.78 Å². The molecule has 12 heavy (non-hydrogen) atoms. The highest BCUT2D eigenvalue weighted by Gasteiger charge is 2.17. The maximum atomic E-state index is 11.0. The van der Waals surface area contributed by atoms with Gasteiger partial charge in [0, 0.05) is 18.1 Å². The Kier molecular flexibility index (Phi) is 3.02. The number of hydrogen-bond acceptors (Lipinski definition) is 3. The molecular formula is C9H12O3. The number of rotatable bonds is 2. The molecule has 0 aromatic carbocycles. The summed E-state index contributed by atoms with van der Waals surface area (Å²) in [6.07, 6.45) is 3.48. The lowest BCUT2D eigenvalue weighted by Crippen LogP contribution is -2.03. The number of Topliss-reactive ketones (excluding diaryl/α,β-unsaturated/α-hetero) is 1. The molecule has 1 fully saturated rings. The zero-order chi connectivity index (χ0) is 8.97. The molecule has 1 saturated carbocycles. The third-order valence-electron chi connectivity index (χ3n) is 1.79. The van der Waals surface area contributed by atoms with Gasteiger partial charge in [-0.1, -0.05) is 0 Å². The summed E-state index contributed by atoms with van der Waals surface area (Å²) in [6, 6.07) is 0. The summed E-state index contributed by atoms with van der Waals surface area (Å²) in [6.45, 7) is 2.10. The Bertz CT molecular complexity index is 228. The molecule has 0 amide bonds. The van der Waals surface area contributed by atoms with Crippen molar-refractivity contribution in [3.8, 4) is 0 Å². The predicted octanol–water partition coefficient (Wildman–Crippen LogP) is 1.23. The summed E-state index contributed by atoms with van der Waals surface area (Å²) in [5, 5.41) is 0. The van der Waals surface area contributed by atoms with Crippen LogP contribution in [-0.2, 0) is 14.3 Å². The van der Waals surface area contributed by atoms with Crippen LogP contribution in [0.15, 0.2) is 11.6 Å². The van der Waals surface area contributed by atoms with Gasteiger partial charge in [0.1, 0.15) is 0 Å². The van der Waals surface area contributed by atoms with E-state index < -0.39 is 5.97 Å². The maximum absolute atomic E-state index is 11.0. The molecule has 0 N–H and O–H groups in total. The average molecular weight is 168 g/mol. The minimum atomic E-state index is -0.400. The molecule has 0 heterocycles. The Balaban J connectivity index is 2.55. The molecular weight excluding hydrogens is 156 g/mol. The highest BCUT2D eigenvalue weighted by Crippen LogP contribution is 2.19. The molecule has 3 nitrogen and oxygen atoms in total. The summed E-state index contributed by atoms with van der Waals surface area (Å²) >= 11 is 0. The summed E-state index contributed by atoms with van der Waals surface area (Å²) in [5.74, 6) is -0.314. The van der Waals surface area contributed by atoms with Gasteiger partial charge in [-0.25, -0.2) is 4.79 Å². The van der Waals surface area contributed by atoms with Gasteiger partial charge in [-0.2, -0.15) is 0 Å². The molecule has 1 rings (SSSR count). The molecule has 0 aliphatic heterocycles. The van der Waals surface area contributed by atoms with E-state index in [2.05, 4.69) is 4.74 Å². The van der Waals surface area contributed by atoms with Crippen molar-refractivity contribution >= 4 is 11.8 Å². The van der Waals surface area contributed by atoms with Crippen molar-refractivity contribution < 1.29 is 14.3 Å². The third kappa shape index (κ3) is 2.19. The minimum absolute atomic E-state index is 0.0862. The fraction of sp³-hybridized carbons (Fsp3) is 0.556. The van der Waals surface area contributed by atoms with Gasteiger partial charge in [-0.15, -0.1) is 0 Å². The van der Waals surface area contributed by atoms with Crippen LogP contribution in [0, 0.1) is 0 Å². The van der Waals surface area contributed by atoms with Gasteiger partial charge in [0.2, 0.25) is 0 Å². The number of carbonyl (C=O) groups is 2. The molecule has 0 atom stereocenters. The van der Waals surface area contributed by atoms with Crippen LogP contribution in [0.3, 0.4) is 0 Å². The van der Waals surface area contributed by atoms with Crippen LogP contribution in [0.5, 0.6) is 0 Å². The third-order valence-corrected chi connectivity index (χ3v) is 1.79. The van der Waals surface area contributed by atoms with Crippen molar-refractivity contribution in [2.75, 3.05) is 6.61 Å². The summed E-state index contributed by atoms with van der Waals surface area (Å²) in [5.41, 5.74) is 0.619. The first-order valence-corrected chi connectivity index (χ1v) is 4.14. The van der Waals surface area contributed by atoms with E-state index in [4.69, 9.17) is 0 Å². The lowest BCUT2D eigenvalue weighted by molar-refractivity contribution is -0.137. The van der Waals surface area contributed by atoms with Crippen molar-refractivity contribution in [2.45, 2.75) is 26.2 Å². The molecule has 0 spiro atoms. The van der Waals surface area contributed by atoms with E-state index in [0.717, 1.165) is 12.8 Å². The van der Waals surface area contributed by atoms with E-state index in [0.29, 0.717) is 18.6 Å². The lowest BCUT2D eigenvalue weighted by atomic mass is 10.2. The molecule has 0 aromatic rings. The van der Waals surface area contributed by atoms with E-state index in [1.54, 1.807) is 6.92 Å². The highest BCUT2D eigenvalue weighted by molar-refractivity contribution is 6.02. The maximum Gasteiger partial charge on any atom is 0.331 e. The topological polar surface area (TPSA) is 43.4 Å². The highest BCUT2D eigenvalue weighted by atomic mass is 16.5. The van der Waals surface area contributed by atoms with E-state index in [1.165, 1.54) is 6.08 Å². The lowest BCUT2D eigenvalue weighted by Gasteiger charge is -1.96. The Morgan fingerprint density at radius 3 is 2.83 bits per heavy atom. The van der Waals surface area contributed by atoms with Gasteiger partial charge in [0.15, 0.2) is 5.78 Å². The molecule has 1 aliphatic rings. The first-order chi connectivity index (χ1) is 5.74. The van der Waals surface area contributed by atoms with Gasteiger partial charge in [0.25, 0.3) is 0 Å². The van der Waals surface area contributed by atoms with E-state index in [9.17, 15) is 9.59 Å². The Labute approximate surface area is 71.4 Å². The number of ether oxygens (including phenoxy) is 1. The van der Waals surface area contributed by atoms with Crippen molar-refractivity contribution in [1.82, 2.24) is 0 Å². The normalized spacial score (nSPS) is 20.1. The number of carbonyl (C=O) groups excluding carboxylic acids is 2. The first-order valence-electron chi connectivity index (χ1n) is 4.14. The molecule has 3 heteroatoms. The molecule has 0 unspecified atom stereocenters. The second kappa shape index (κ2) is 4.04. The number of hydrogen-bond donors (Lipinski definition) is 0. The summed E-state index contributed by atoms with van der Waals surface area (Å²) in [4.78, 5) is 21.9. The minimum Gasteiger partial charge on any atom is -0.463 e. The van der Waals surface area contributed by atoms with Gasteiger partial charge in [-0.05, 0) is 19.8 Å². The molecule has 0 aromatic heterocycles. The molecule has 1 aliphatic carbocycles. The van der Waals surface area contributed by atoms with Crippen molar-refractivity contribution in [1.29, 1.82) is 0 Å². The monoisotopic (exact) mass is 168 g/mol. The summed E-state index contributed by atoms with van der Waals surface area (Å²) in [7, 11) is 0. The molecule has 0 bridgehead atoms. The van der Waals surface area contributed by atoms with Crippen molar-refractivity contribution in [2.24, 2.45) is 0 Å². The molecule has 0 radical (unpaired) electrons. The second-order valence-corrected chi connectivity index (χ2v) is 2.70. The van der Waals surface area contributed by atoms with Crippen molar-refractivity contribution in [3.05, 3.63) is 11.6 Å². The average Bonchev–Trinajstić information content (AvgIpc) is 2.37. The van der Waals surface area contributed by atoms with Crippen LogP contribution < -0.4 is 0 Å². The predicted molar refractivity (Wildman–Crippen MR) is 43.6 cm³/mol. The first kappa shape index (κ1) is 8.97. The van der Waals surface area contributed by atoms with Gasteiger partial charge in [0.05, 0.1) is 6.61 Å². The van der Waals surface area contributed by atoms with Crippen LogP contribution in [0.25, 0.3) is 0 Å². The number of allylic oxidation sites excluding steroid dienone is 1. The van der Waals surface area contributed by atoms with Crippen LogP contribution in [0.1, 0.15) is 26.2 Å². The molecule has 66 valence electrons. The Morgan fingerprint density at radius 1 is 1.58 bits per heavy atom. The van der Waals surface area contributed by atoms with Crippen molar-refractivity contribution in [3.63, 3.8) is 0 Å². The van der Waals surface area contributed by atoms with E-state index in [1.807, 2.05) is 0 Å². The zero-order valence-corrected chi connectivity index (χ0v) is 7.13. The number of esters is 1. The van der Waals surface area contributed by atoms with Gasteiger partial charge >= 0.3 is 5.97 Å².